The molecule has 0 aliphatic carbocycles. The second-order valence-corrected chi connectivity index (χ2v) is 10.8. The van der Waals surface area contributed by atoms with Gasteiger partial charge in [0.2, 0.25) is 0 Å². The summed E-state index contributed by atoms with van der Waals surface area (Å²) in [6.45, 7) is 6.33. The molecular formula is C29H25N3O2S. The van der Waals surface area contributed by atoms with Crippen molar-refractivity contribution in [3.8, 4) is 22.4 Å². The Kier molecular flexibility index (Phi) is 5.91. The number of sulfone groups is 1. The molecule has 0 radical (unpaired) electrons. The minimum absolute atomic E-state index is 0.169. The summed E-state index contributed by atoms with van der Waals surface area (Å²) in [6.07, 6.45) is 4.63. The van der Waals surface area contributed by atoms with E-state index in [0.717, 1.165) is 33.2 Å². The third-order valence-corrected chi connectivity index (χ3v) is 8.05. The van der Waals surface area contributed by atoms with Gasteiger partial charge in [-0.2, -0.15) is 0 Å². The lowest BCUT2D eigenvalue weighted by Crippen LogP contribution is -2.06. The van der Waals surface area contributed by atoms with E-state index in [1.807, 2.05) is 12.1 Å². The van der Waals surface area contributed by atoms with Crippen molar-refractivity contribution in [3.63, 3.8) is 0 Å². The molecule has 0 unspecified atom stereocenters. The summed E-state index contributed by atoms with van der Waals surface area (Å²) in [5.74, 6) is -0.169. The van der Waals surface area contributed by atoms with Gasteiger partial charge in [-0.3, -0.25) is 4.98 Å². The summed E-state index contributed by atoms with van der Waals surface area (Å²) in [5.41, 5.74) is 8.34. The number of pyridine rings is 1. The van der Waals surface area contributed by atoms with E-state index in [1.165, 1.54) is 23.0 Å². The normalized spacial score (nSPS) is 11.6. The molecule has 6 heteroatoms. The zero-order chi connectivity index (χ0) is 24.6. The Bertz CT molecular complexity index is 1660. The van der Waals surface area contributed by atoms with Crippen molar-refractivity contribution in [3.05, 3.63) is 108 Å². The quantitative estimate of drug-likeness (QED) is 0.298. The molecule has 5 nitrogen and oxygen atoms in total. The molecule has 2 heterocycles. The van der Waals surface area contributed by atoms with Crippen molar-refractivity contribution >= 4 is 20.6 Å². The first-order valence-corrected chi connectivity index (χ1v) is 13.0. The van der Waals surface area contributed by atoms with Gasteiger partial charge in [-0.05, 0) is 78.2 Å². The molecule has 5 aromatic rings. The molecule has 2 aromatic heterocycles. The zero-order valence-electron chi connectivity index (χ0n) is 19.9. The van der Waals surface area contributed by atoms with Gasteiger partial charge in [0, 0.05) is 23.3 Å². The molecule has 35 heavy (non-hydrogen) atoms. The van der Waals surface area contributed by atoms with E-state index in [1.54, 1.807) is 30.6 Å². The summed E-state index contributed by atoms with van der Waals surface area (Å²) >= 11 is 0. The lowest BCUT2D eigenvalue weighted by atomic mass is 9.94. The highest BCUT2D eigenvalue weighted by molar-refractivity contribution is 7.90. The fourth-order valence-electron chi connectivity index (χ4n) is 4.28. The molecule has 0 bridgehead atoms. The number of benzene rings is 3. The molecular weight excluding hydrogens is 454 g/mol. The Morgan fingerprint density at radius 2 is 1.49 bits per heavy atom. The van der Waals surface area contributed by atoms with Crippen molar-refractivity contribution < 1.29 is 8.42 Å². The highest BCUT2D eigenvalue weighted by Gasteiger charge is 2.18. The predicted molar refractivity (Wildman–Crippen MR) is 140 cm³/mol. The van der Waals surface area contributed by atoms with Gasteiger partial charge in [0.1, 0.15) is 6.33 Å². The van der Waals surface area contributed by atoms with Gasteiger partial charge in [-0.1, -0.05) is 42.5 Å². The number of rotatable bonds is 5. The maximum atomic E-state index is 13.0. The zero-order valence-corrected chi connectivity index (χ0v) is 20.7. The SMILES string of the molecule is Cc1ccc(-c2ccc(-c3nccc4cc(S(=O)(=O)Cc5ccncn5)ccc34)c(C)c2)cc1C. The summed E-state index contributed by atoms with van der Waals surface area (Å²) in [6, 6.07) is 21.6. The van der Waals surface area contributed by atoms with Crippen LogP contribution in [0.1, 0.15) is 22.4 Å². The van der Waals surface area contributed by atoms with Crippen molar-refractivity contribution in [2.24, 2.45) is 0 Å². The minimum Gasteiger partial charge on any atom is -0.256 e. The summed E-state index contributed by atoms with van der Waals surface area (Å²) < 4.78 is 26.0. The lowest BCUT2D eigenvalue weighted by Gasteiger charge is -2.13. The molecule has 0 N–H and O–H groups in total. The number of fused-ring (bicyclic) bond motifs is 1. The molecule has 0 amide bonds. The molecule has 174 valence electrons. The molecule has 0 saturated heterocycles. The third kappa shape index (κ3) is 4.57. The fourth-order valence-corrected chi connectivity index (χ4v) is 5.58. The molecule has 0 spiro atoms. The van der Waals surface area contributed by atoms with Crippen LogP contribution in [0.25, 0.3) is 33.2 Å². The molecule has 0 aliphatic heterocycles. The van der Waals surface area contributed by atoms with Crippen LogP contribution in [0.4, 0.5) is 0 Å². The lowest BCUT2D eigenvalue weighted by molar-refractivity contribution is 0.594. The van der Waals surface area contributed by atoms with Crippen LogP contribution in [0.3, 0.4) is 0 Å². The number of hydrogen-bond donors (Lipinski definition) is 0. The Labute approximate surface area is 205 Å². The topological polar surface area (TPSA) is 72.8 Å². The molecule has 0 atom stereocenters. The van der Waals surface area contributed by atoms with E-state index in [-0.39, 0.29) is 10.6 Å². The molecule has 0 fully saturated rings. The summed E-state index contributed by atoms with van der Waals surface area (Å²) in [4.78, 5) is 12.8. The summed E-state index contributed by atoms with van der Waals surface area (Å²) in [5, 5.41) is 1.74. The number of aromatic nitrogens is 3. The van der Waals surface area contributed by atoms with Crippen molar-refractivity contribution in [2.75, 3.05) is 0 Å². The van der Waals surface area contributed by atoms with Crippen LogP contribution in [-0.2, 0) is 15.6 Å². The van der Waals surface area contributed by atoms with E-state index in [2.05, 4.69) is 72.1 Å². The van der Waals surface area contributed by atoms with Crippen LogP contribution in [0.5, 0.6) is 0 Å². The molecule has 5 rings (SSSR count). The maximum absolute atomic E-state index is 13.0. The van der Waals surface area contributed by atoms with Gasteiger partial charge < -0.3 is 0 Å². The van der Waals surface area contributed by atoms with Gasteiger partial charge >= 0.3 is 0 Å². The van der Waals surface area contributed by atoms with Gasteiger partial charge in [0.05, 0.1) is 22.0 Å². The Morgan fingerprint density at radius 3 is 2.20 bits per heavy atom. The average Bonchev–Trinajstić information content (AvgIpc) is 2.85. The van der Waals surface area contributed by atoms with Gasteiger partial charge in [0.15, 0.2) is 9.84 Å². The van der Waals surface area contributed by atoms with Crippen molar-refractivity contribution in [1.29, 1.82) is 0 Å². The first kappa shape index (κ1) is 22.9. The van der Waals surface area contributed by atoms with E-state index in [4.69, 9.17) is 0 Å². The molecule has 3 aromatic carbocycles. The predicted octanol–water partition coefficient (Wildman–Crippen LogP) is 6.26. The second-order valence-electron chi connectivity index (χ2n) is 8.83. The van der Waals surface area contributed by atoms with E-state index in [0.29, 0.717) is 5.69 Å². The van der Waals surface area contributed by atoms with Crippen LogP contribution < -0.4 is 0 Å². The summed E-state index contributed by atoms with van der Waals surface area (Å²) in [7, 11) is -3.54. The Balaban J connectivity index is 1.52. The largest absolute Gasteiger partial charge is 0.256 e. The first-order valence-electron chi connectivity index (χ1n) is 11.4. The van der Waals surface area contributed by atoms with Crippen LogP contribution in [0.15, 0.2) is 90.3 Å². The van der Waals surface area contributed by atoms with Crippen LogP contribution in [0.2, 0.25) is 0 Å². The average molecular weight is 480 g/mol. The monoisotopic (exact) mass is 479 g/mol. The molecule has 0 saturated carbocycles. The Morgan fingerprint density at radius 1 is 0.714 bits per heavy atom. The fraction of sp³-hybridized carbons (Fsp3) is 0.138. The van der Waals surface area contributed by atoms with Crippen LogP contribution >= 0.6 is 0 Å². The third-order valence-electron chi connectivity index (χ3n) is 6.40. The first-order chi connectivity index (χ1) is 16.8. The van der Waals surface area contributed by atoms with Gasteiger partial charge in [-0.25, -0.2) is 18.4 Å². The van der Waals surface area contributed by atoms with E-state index >= 15 is 0 Å². The van der Waals surface area contributed by atoms with Crippen LogP contribution in [0, 0.1) is 20.8 Å². The standard InChI is InChI=1S/C29H25N3O2S/c1-19-4-5-22(14-20(19)2)23-6-8-27(21(3)15-23)29-28-9-7-26(16-24(28)10-13-31-29)35(33,34)17-25-11-12-30-18-32-25/h4-16,18H,17H2,1-3H3. The highest BCUT2D eigenvalue weighted by atomic mass is 32.2. The number of aryl methyl sites for hydroxylation is 3. The highest BCUT2D eigenvalue weighted by Crippen LogP contribution is 2.33. The van der Waals surface area contributed by atoms with E-state index in [9.17, 15) is 8.42 Å². The Hall–Kier alpha value is -3.90. The van der Waals surface area contributed by atoms with E-state index < -0.39 is 9.84 Å². The maximum Gasteiger partial charge on any atom is 0.184 e. The number of nitrogens with zero attached hydrogens (tertiary/aromatic N) is 3. The van der Waals surface area contributed by atoms with Crippen molar-refractivity contribution in [2.45, 2.75) is 31.4 Å². The van der Waals surface area contributed by atoms with Crippen molar-refractivity contribution in [1.82, 2.24) is 15.0 Å². The van der Waals surface area contributed by atoms with Gasteiger partial charge in [-0.15, -0.1) is 0 Å². The van der Waals surface area contributed by atoms with Gasteiger partial charge in [0.25, 0.3) is 0 Å². The number of hydrogen-bond acceptors (Lipinski definition) is 5. The molecule has 0 aliphatic rings. The van der Waals surface area contributed by atoms with Crippen LogP contribution in [-0.4, -0.2) is 23.4 Å². The smallest absolute Gasteiger partial charge is 0.184 e. The second kappa shape index (κ2) is 9.04. The minimum atomic E-state index is -3.54.